The van der Waals surface area contributed by atoms with E-state index >= 15 is 0 Å². The molecule has 0 fully saturated rings. The molecule has 4 aromatic rings. The molecular formula is C18H13ClN4O2S. The number of halogens is 1. The van der Waals surface area contributed by atoms with Crippen molar-refractivity contribution in [2.24, 2.45) is 0 Å². The predicted molar refractivity (Wildman–Crippen MR) is 101 cm³/mol. The molecule has 0 unspecified atom stereocenters. The molecule has 0 atom stereocenters. The Labute approximate surface area is 155 Å². The van der Waals surface area contributed by atoms with E-state index in [0.717, 1.165) is 5.56 Å². The number of aromatic nitrogens is 3. The van der Waals surface area contributed by atoms with Crippen molar-refractivity contribution in [3.8, 4) is 11.3 Å². The molecule has 26 heavy (non-hydrogen) atoms. The molecule has 0 bridgehead atoms. The highest BCUT2D eigenvalue weighted by Gasteiger charge is 2.15. The molecule has 0 radical (unpaired) electrons. The van der Waals surface area contributed by atoms with Gasteiger partial charge in [0.05, 0.1) is 10.6 Å². The summed E-state index contributed by atoms with van der Waals surface area (Å²) >= 11 is 5.89. The lowest BCUT2D eigenvalue weighted by Crippen LogP contribution is -2.12. The summed E-state index contributed by atoms with van der Waals surface area (Å²) in [5, 5.41) is 0.360. The van der Waals surface area contributed by atoms with Crippen molar-refractivity contribution in [1.29, 1.82) is 0 Å². The Bertz CT molecular complexity index is 1170. The zero-order valence-corrected chi connectivity index (χ0v) is 14.9. The van der Waals surface area contributed by atoms with E-state index in [9.17, 15) is 8.42 Å². The Hall–Kier alpha value is -2.90. The fourth-order valence-electron chi connectivity index (χ4n) is 2.56. The first-order valence-electron chi connectivity index (χ1n) is 7.70. The van der Waals surface area contributed by atoms with Crippen molar-refractivity contribution in [1.82, 2.24) is 14.4 Å². The monoisotopic (exact) mass is 384 g/mol. The van der Waals surface area contributed by atoms with Gasteiger partial charge >= 0.3 is 0 Å². The van der Waals surface area contributed by atoms with Crippen molar-refractivity contribution in [3.05, 3.63) is 78.2 Å². The second kappa shape index (κ2) is 6.44. The fraction of sp³-hybridized carbons (Fsp3) is 0. The molecule has 0 saturated heterocycles. The van der Waals surface area contributed by atoms with Crippen molar-refractivity contribution in [2.75, 3.05) is 4.72 Å². The van der Waals surface area contributed by atoms with Crippen LogP contribution in [0.15, 0.2) is 78.1 Å². The van der Waals surface area contributed by atoms with Crippen LogP contribution in [0.4, 0.5) is 5.69 Å². The van der Waals surface area contributed by atoms with E-state index < -0.39 is 10.0 Å². The maximum Gasteiger partial charge on any atom is 0.261 e. The maximum absolute atomic E-state index is 12.5. The zero-order chi connectivity index (χ0) is 18.1. The lowest BCUT2D eigenvalue weighted by molar-refractivity contribution is 0.601. The van der Waals surface area contributed by atoms with E-state index in [1.165, 1.54) is 12.1 Å². The van der Waals surface area contributed by atoms with Gasteiger partial charge in [-0.15, -0.1) is 0 Å². The van der Waals surface area contributed by atoms with E-state index in [-0.39, 0.29) is 4.90 Å². The van der Waals surface area contributed by atoms with Crippen LogP contribution in [0.2, 0.25) is 5.02 Å². The molecule has 130 valence electrons. The van der Waals surface area contributed by atoms with Crippen molar-refractivity contribution < 1.29 is 8.42 Å². The first kappa shape index (κ1) is 16.6. The number of benzene rings is 2. The normalized spacial score (nSPS) is 11.6. The van der Waals surface area contributed by atoms with Gasteiger partial charge in [-0.3, -0.25) is 9.12 Å². The Kier molecular flexibility index (Phi) is 4.10. The van der Waals surface area contributed by atoms with E-state index in [1.54, 1.807) is 40.9 Å². The molecule has 4 rings (SSSR count). The third kappa shape index (κ3) is 3.26. The molecular weight excluding hydrogens is 372 g/mol. The van der Waals surface area contributed by atoms with Crippen LogP contribution in [0.1, 0.15) is 0 Å². The molecule has 1 N–H and O–H groups in total. The van der Waals surface area contributed by atoms with Gasteiger partial charge in [0, 0.05) is 34.9 Å². The van der Waals surface area contributed by atoms with Crippen LogP contribution < -0.4 is 4.72 Å². The van der Waals surface area contributed by atoms with Crippen molar-refractivity contribution >= 4 is 33.1 Å². The highest BCUT2D eigenvalue weighted by atomic mass is 35.5. The first-order valence-corrected chi connectivity index (χ1v) is 9.56. The summed E-state index contributed by atoms with van der Waals surface area (Å²) in [5.41, 5.74) is 1.92. The van der Waals surface area contributed by atoms with Crippen LogP contribution in [0.25, 0.3) is 17.0 Å². The summed E-state index contributed by atoms with van der Waals surface area (Å²) in [5.74, 6) is 0.576. The predicted octanol–water partition coefficient (Wildman–Crippen LogP) is 3.85. The van der Waals surface area contributed by atoms with Crippen LogP contribution >= 0.6 is 11.6 Å². The summed E-state index contributed by atoms with van der Waals surface area (Å²) in [6.07, 6.45) is 5.36. The average Bonchev–Trinajstić information content (AvgIpc) is 3.06. The number of fused-ring (bicyclic) bond motifs is 1. The van der Waals surface area contributed by atoms with E-state index in [0.29, 0.717) is 22.2 Å². The highest BCUT2D eigenvalue weighted by molar-refractivity contribution is 7.92. The number of hydrogen-bond acceptors (Lipinski definition) is 4. The number of hydrogen-bond donors (Lipinski definition) is 1. The fourth-order valence-corrected chi connectivity index (χ4v) is 3.91. The minimum absolute atomic E-state index is 0.104. The number of anilines is 1. The molecule has 0 aliphatic rings. The maximum atomic E-state index is 12.5. The minimum Gasteiger partial charge on any atom is -0.291 e. The number of rotatable bonds is 4. The third-order valence-corrected chi connectivity index (χ3v) is 5.37. The lowest BCUT2D eigenvalue weighted by Gasteiger charge is -2.09. The zero-order valence-electron chi connectivity index (χ0n) is 13.4. The number of sulfonamides is 1. The minimum atomic E-state index is -3.73. The Balaban J connectivity index is 1.67. The van der Waals surface area contributed by atoms with Gasteiger partial charge in [0.15, 0.2) is 0 Å². The van der Waals surface area contributed by atoms with Gasteiger partial charge < -0.3 is 0 Å². The molecule has 0 aliphatic heterocycles. The summed E-state index contributed by atoms with van der Waals surface area (Å²) in [6, 6.07) is 15.0. The van der Waals surface area contributed by atoms with E-state index in [1.807, 2.05) is 24.5 Å². The highest BCUT2D eigenvalue weighted by Crippen LogP contribution is 2.24. The van der Waals surface area contributed by atoms with E-state index in [2.05, 4.69) is 14.7 Å². The van der Waals surface area contributed by atoms with Crippen LogP contribution in [0, 0.1) is 0 Å². The van der Waals surface area contributed by atoms with E-state index in [4.69, 9.17) is 11.6 Å². The lowest BCUT2D eigenvalue weighted by atomic mass is 10.1. The third-order valence-electron chi connectivity index (χ3n) is 3.75. The van der Waals surface area contributed by atoms with Gasteiger partial charge in [0.25, 0.3) is 10.0 Å². The van der Waals surface area contributed by atoms with Gasteiger partial charge in [-0.25, -0.2) is 18.4 Å². The summed E-state index contributed by atoms with van der Waals surface area (Å²) in [6.45, 7) is 0. The molecule has 2 aromatic carbocycles. The molecule has 6 nitrogen and oxygen atoms in total. The van der Waals surface area contributed by atoms with Gasteiger partial charge in [-0.2, -0.15) is 0 Å². The summed E-state index contributed by atoms with van der Waals surface area (Å²) in [4.78, 5) is 8.74. The molecule has 0 spiro atoms. The molecule has 2 aromatic heterocycles. The quantitative estimate of drug-likeness (QED) is 0.579. The number of nitrogens with one attached hydrogen (secondary N) is 1. The standard InChI is InChI=1S/C18H13ClN4O2S/c19-14-5-2-7-16(11-14)26(24,25)22-15-6-1-4-13(10-15)17-12-23-9-3-8-20-18(23)21-17/h1-12,22H. The van der Waals surface area contributed by atoms with Crippen LogP contribution in [-0.2, 0) is 10.0 Å². The molecule has 0 aliphatic carbocycles. The Morgan fingerprint density at radius 3 is 2.69 bits per heavy atom. The van der Waals surface area contributed by atoms with Crippen molar-refractivity contribution in [3.63, 3.8) is 0 Å². The van der Waals surface area contributed by atoms with Crippen LogP contribution in [0.3, 0.4) is 0 Å². The van der Waals surface area contributed by atoms with Crippen LogP contribution in [-0.4, -0.2) is 22.8 Å². The Morgan fingerprint density at radius 1 is 1.04 bits per heavy atom. The SMILES string of the molecule is O=S(=O)(Nc1cccc(-c2cn3cccnc3n2)c1)c1cccc(Cl)c1. The second-order valence-corrected chi connectivity index (χ2v) is 7.72. The number of imidazole rings is 1. The summed E-state index contributed by atoms with van der Waals surface area (Å²) in [7, 11) is -3.73. The topological polar surface area (TPSA) is 76.4 Å². The van der Waals surface area contributed by atoms with Gasteiger partial charge in [-0.1, -0.05) is 29.8 Å². The summed E-state index contributed by atoms with van der Waals surface area (Å²) < 4.78 is 29.5. The molecule has 0 amide bonds. The average molecular weight is 385 g/mol. The van der Waals surface area contributed by atoms with Gasteiger partial charge in [0.2, 0.25) is 5.78 Å². The van der Waals surface area contributed by atoms with Crippen LogP contribution in [0.5, 0.6) is 0 Å². The molecule has 0 saturated carbocycles. The molecule has 2 heterocycles. The largest absolute Gasteiger partial charge is 0.291 e. The molecule has 8 heteroatoms. The smallest absolute Gasteiger partial charge is 0.261 e. The first-order chi connectivity index (χ1) is 12.5. The Morgan fingerprint density at radius 2 is 1.88 bits per heavy atom. The van der Waals surface area contributed by atoms with Gasteiger partial charge in [0.1, 0.15) is 0 Å². The second-order valence-electron chi connectivity index (χ2n) is 5.60. The van der Waals surface area contributed by atoms with Gasteiger partial charge in [-0.05, 0) is 36.4 Å². The number of nitrogens with zero attached hydrogens (tertiary/aromatic N) is 3. The van der Waals surface area contributed by atoms with Crippen molar-refractivity contribution in [2.45, 2.75) is 4.90 Å².